The first-order valence-electron chi connectivity index (χ1n) is 9.67. The van der Waals surface area contributed by atoms with E-state index in [9.17, 15) is 4.79 Å². The Morgan fingerprint density at radius 3 is 2.63 bits per heavy atom. The highest BCUT2D eigenvalue weighted by Gasteiger charge is 2.32. The van der Waals surface area contributed by atoms with Crippen LogP contribution in [0.2, 0.25) is 10.0 Å². The zero-order valence-electron chi connectivity index (χ0n) is 16.7. The lowest BCUT2D eigenvalue weighted by Gasteiger charge is -2.36. The molecule has 158 valence electrons. The van der Waals surface area contributed by atoms with Crippen molar-refractivity contribution in [2.75, 3.05) is 31.6 Å². The van der Waals surface area contributed by atoms with Crippen molar-refractivity contribution < 1.29 is 13.9 Å². The van der Waals surface area contributed by atoms with E-state index in [1.54, 1.807) is 29.5 Å². The van der Waals surface area contributed by atoms with Gasteiger partial charge in [0.1, 0.15) is 5.00 Å². The number of furan rings is 1. The monoisotopic (exact) mass is 464 g/mol. The second kappa shape index (κ2) is 9.12. The van der Waals surface area contributed by atoms with Crippen LogP contribution in [0.15, 0.2) is 41.0 Å². The topological polar surface area (TPSA) is 54.7 Å². The molecule has 4 rings (SSSR count). The molecule has 0 saturated carbocycles. The Hall–Kier alpha value is -1.83. The van der Waals surface area contributed by atoms with Gasteiger partial charge in [-0.15, -0.1) is 11.3 Å². The maximum Gasteiger partial charge on any atom is 0.291 e. The number of thiophene rings is 1. The molecule has 5 nitrogen and oxygen atoms in total. The first-order valence-corrected chi connectivity index (χ1v) is 11.2. The van der Waals surface area contributed by atoms with E-state index >= 15 is 0 Å². The summed E-state index contributed by atoms with van der Waals surface area (Å²) in [6.07, 6.45) is 1.49. The fraction of sp³-hybridized carbons (Fsp3) is 0.318. The number of morpholine rings is 1. The quantitative estimate of drug-likeness (QED) is 0.507. The predicted molar refractivity (Wildman–Crippen MR) is 121 cm³/mol. The third kappa shape index (κ3) is 4.29. The van der Waals surface area contributed by atoms with Crippen LogP contribution in [0.25, 0.3) is 0 Å². The Bertz CT molecular complexity index is 1040. The fourth-order valence-electron chi connectivity index (χ4n) is 3.73. The largest absolute Gasteiger partial charge is 0.459 e. The van der Waals surface area contributed by atoms with Crippen molar-refractivity contribution in [3.63, 3.8) is 0 Å². The second-order valence-corrected chi connectivity index (χ2v) is 9.24. The Labute approximate surface area is 189 Å². The van der Waals surface area contributed by atoms with E-state index in [1.807, 2.05) is 12.1 Å². The van der Waals surface area contributed by atoms with E-state index in [0.29, 0.717) is 23.3 Å². The number of carbonyl (C=O) groups excluding carboxylic acids is 1. The highest BCUT2D eigenvalue weighted by molar-refractivity contribution is 7.16. The van der Waals surface area contributed by atoms with Crippen molar-refractivity contribution in [3.8, 4) is 0 Å². The van der Waals surface area contributed by atoms with Gasteiger partial charge >= 0.3 is 0 Å². The average molecular weight is 465 g/mol. The number of hydrogen-bond acceptors (Lipinski definition) is 5. The van der Waals surface area contributed by atoms with Gasteiger partial charge in [-0.2, -0.15) is 0 Å². The maximum absolute atomic E-state index is 12.7. The molecule has 1 amide bonds. The van der Waals surface area contributed by atoms with Crippen LogP contribution < -0.4 is 5.32 Å². The maximum atomic E-state index is 12.7. The van der Waals surface area contributed by atoms with E-state index in [-0.39, 0.29) is 17.7 Å². The second-order valence-electron chi connectivity index (χ2n) is 7.17. The number of aryl methyl sites for hydroxylation is 1. The Morgan fingerprint density at radius 1 is 1.20 bits per heavy atom. The first kappa shape index (κ1) is 21.4. The number of ether oxygens (including phenoxy) is 1. The number of nitrogens with zero attached hydrogens (tertiary/aromatic N) is 1. The molecule has 1 fully saturated rings. The van der Waals surface area contributed by atoms with Crippen molar-refractivity contribution >= 4 is 45.4 Å². The summed E-state index contributed by atoms with van der Waals surface area (Å²) in [6.45, 7) is 6.98. The van der Waals surface area contributed by atoms with Gasteiger partial charge in [-0.1, -0.05) is 29.3 Å². The molecule has 0 radical (unpaired) electrons. The zero-order chi connectivity index (χ0) is 21.3. The van der Waals surface area contributed by atoms with Crippen LogP contribution >= 0.6 is 34.5 Å². The lowest BCUT2D eigenvalue weighted by atomic mass is 9.94. The molecule has 3 heterocycles. The molecular weight excluding hydrogens is 443 g/mol. The predicted octanol–water partition coefficient (Wildman–Crippen LogP) is 5.94. The van der Waals surface area contributed by atoms with Gasteiger partial charge < -0.3 is 14.5 Å². The normalized spacial score (nSPS) is 15.9. The number of hydrogen-bond donors (Lipinski definition) is 1. The molecule has 3 aromatic rings. The molecule has 2 aromatic heterocycles. The summed E-state index contributed by atoms with van der Waals surface area (Å²) in [5.41, 5.74) is 3.14. The standard InChI is InChI=1S/C22H22Cl2N2O3S/c1-13-14(2)30-22(25-21(27)18-4-3-9-29-18)19(13)20(26-7-10-28-11-8-26)16-6-5-15(23)12-17(16)24/h3-6,9,12,20H,7-8,10-11H2,1-2H3,(H,25,27)/t20-/m0/s1. The highest BCUT2D eigenvalue weighted by Crippen LogP contribution is 2.44. The van der Waals surface area contributed by atoms with E-state index < -0.39 is 0 Å². The summed E-state index contributed by atoms with van der Waals surface area (Å²) in [5, 5.41) is 5.05. The van der Waals surface area contributed by atoms with E-state index in [2.05, 4.69) is 24.1 Å². The van der Waals surface area contributed by atoms with Crippen molar-refractivity contribution in [2.45, 2.75) is 19.9 Å². The Balaban J connectivity index is 1.81. The van der Waals surface area contributed by atoms with E-state index in [1.165, 1.54) is 6.26 Å². The molecule has 0 aliphatic carbocycles. The molecule has 1 aromatic carbocycles. The number of amides is 1. The molecular formula is C22H22Cl2N2O3S. The SMILES string of the molecule is Cc1sc(NC(=O)c2ccco2)c([C@H](c2ccc(Cl)cc2Cl)N2CCOCC2)c1C. The van der Waals surface area contributed by atoms with Crippen molar-refractivity contribution in [1.29, 1.82) is 0 Å². The highest BCUT2D eigenvalue weighted by atomic mass is 35.5. The van der Waals surface area contributed by atoms with Crippen LogP contribution in [0.4, 0.5) is 5.00 Å². The van der Waals surface area contributed by atoms with Gasteiger partial charge in [0.15, 0.2) is 5.76 Å². The van der Waals surface area contributed by atoms with Crippen LogP contribution in [0.3, 0.4) is 0 Å². The van der Waals surface area contributed by atoms with Crippen molar-refractivity contribution in [3.05, 3.63) is 74.0 Å². The minimum Gasteiger partial charge on any atom is -0.459 e. The number of anilines is 1. The minimum atomic E-state index is -0.273. The van der Waals surface area contributed by atoms with Gasteiger partial charge in [0.05, 0.1) is 25.5 Å². The summed E-state index contributed by atoms with van der Waals surface area (Å²) in [6, 6.07) is 8.81. The fourth-order valence-corrected chi connectivity index (χ4v) is 5.33. The molecule has 1 atom stereocenters. The third-order valence-electron chi connectivity index (χ3n) is 5.35. The van der Waals surface area contributed by atoms with Crippen LogP contribution in [-0.2, 0) is 4.74 Å². The summed E-state index contributed by atoms with van der Waals surface area (Å²) >= 11 is 14.4. The molecule has 0 bridgehead atoms. The molecule has 1 aliphatic heterocycles. The zero-order valence-corrected chi connectivity index (χ0v) is 19.0. The van der Waals surface area contributed by atoms with Gasteiger partial charge in [0.25, 0.3) is 5.91 Å². The van der Waals surface area contributed by atoms with Crippen molar-refractivity contribution in [2.24, 2.45) is 0 Å². The third-order valence-corrected chi connectivity index (χ3v) is 7.05. The smallest absolute Gasteiger partial charge is 0.291 e. The van der Waals surface area contributed by atoms with Crippen molar-refractivity contribution in [1.82, 2.24) is 4.90 Å². The number of benzene rings is 1. The molecule has 30 heavy (non-hydrogen) atoms. The molecule has 8 heteroatoms. The van der Waals surface area contributed by atoms with Crippen LogP contribution in [0.5, 0.6) is 0 Å². The number of halogens is 2. The van der Waals surface area contributed by atoms with Gasteiger partial charge in [0.2, 0.25) is 0 Å². The lowest BCUT2D eigenvalue weighted by Crippen LogP contribution is -2.40. The first-order chi connectivity index (χ1) is 14.5. The Kier molecular flexibility index (Phi) is 6.51. The summed E-state index contributed by atoms with van der Waals surface area (Å²) in [5.74, 6) is 0.00235. The molecule has 0 unspecified atom stereocenters. The molecule has 1 N–H and O–H groups in total. The summed E-state index contributed by atoms with van der Waals surface area (Å²) in [7, 11) is 0. The van der Waals surface area contributed by atoms with E-state index in [4.69, 9.17) is 32.4 Å². The van der Waals surface area contributed by atoms with Crippen LogP contribution in [-0.4, -0.2) is 37.1 Å². The Morgan fingerprint density at radius 2 is 1.97 bits per heavy atom. The van der Waals surface area contributed by atoms with Gasteiger partial charge in [-0.05, 0) is 49.2 Å². The molecule has 1 aliphatic rings. The summed E-state index contributed by atoms with van der Waals surface area (Å²) < 4.78 is 10.8. The van der Waals surface area contributed by atoms with Crippen LogP contribution in [0, 0.1) is 13.8 Å². The van der Waals surface area contributed by atoms with Gasteiger partial charge in [-0.3, -0.25) is 9.69 Å². The molecule has 0 spiro atoms. The van der Waals surface area contributed by atoms with Gasteiger partial charge in [-0.25, -0.2) is 0 Å². The molecule has 1 saturated heterocycles. The summed E-state index contributed by atoms with van der Waals surface area (Å²) in [4.78, 5) is 16.2. The minimum absolute atomic E-state index is 0.129. The number of nitrogens with one attached hydrogen (secondary N) is 1. The van der Waals surface area contributed by atoms with E-state index in [0.717, 1.165) is 39.7 Å². The van der Waals surface area contributed by atoms with Gasteiger partial charge in [0, 0.05) is 33.6 Å². The van der Waals surface area contributed by atoms with Crippen LogP contribution in [0.1, 0.15) is 38.2 Å². The number of carbonyl (C=O) groups is 1. The average Bonchev–Trinajstić information content (AvgIpc) is 3.35. The lowest BCUT2D eigenvalue weighted by molar-refractivity contribution is 0.0240. The number of rotatable bonds is 5.